The zero-order chi connectivity index (χ0) is 75.7. The molecule has 0 spiro atoms. The van der Waals surface area contributed by atoms with Crippen molar-refractivity contribution in [2.24, 2.45) is 0 Å². The van der Waals surface area contributed by atoms with Crippen molar-refractivity contribution < 1.29 is 38.0 Å². The Hall–Kier alpha value is -5.00. The standard InChI is InChI=1S/C94H166N4O8/c1-7-13-19-25-31-37-43-49-55-61-71-101-87-77-85(78-88(102-72-62-56-50-44-38-32-26-20-14-8-2)91(87)105-75-65-59-53-47-41-35-29-23-17-11-5)97-93(99)95-81-83-67-69-84(70-68-83)82-96-94(100)98-86-79-89(103-73-63-57-51-45-39-33-27-21-15-9-3)92(106-76-66-60-54-48-42-36-30-24-18-12-6)90(80-86)104-74-64-58-52-46-40-34-28-22-16-10-4/h67-70,77-80H,7-66,71-76,81-82H2,1-6H3,(H2,95,97,99)(H2,96,98,100). The summed E-state index contributed by atoms with van der Waals surface area (Å²) >= 11 is 0. The number of carbonyl (C=O) groups excluding carboxylic acids is 2. The molecule has 0 aromatic heterocycles. The van der Waals surface area contributed by atoms with Gasteiger partial charge in [-0.3, -0.25) is 0 Å². The second-order valence-electron chi connectivity index (χ2n) is 31.2. The zero-order valence-electron chi connectivity index (χ0n) is 70.0. The number of rotatable bonds is 78. The summed E-state index contributed by atoms with van der Waals surface area (Å²) in [5.41, 5.74) is 3.08. The van der Waals surface area contributed by atoms with E-state index in [4.69, 9.17) is 28.4 Å². The molecule has 0 fully saturated rings. The van der Waals surface area contributed by atoms with E-state index < -0.39 is 0 Å². The first kappa shape index (κ1) is 95.2. The molecule has 610 valence electrons. The van der Waals surface area contributed by atoms with Gasteiger partial charge in [0.25, 0.3) is 0 Å². The quantitative estimate of drug-likeness (QED) is 0.0410. The van der Waals surface area contributed by atoms with Gasteiger partial charge in [0.05, 0.1) is 51.0 Å². The lowest BCUT2D eigenvalue weighted by molar-refractivity contribution is 0.234. The smallest absolute Gasteiger partial charge is 0.319 e. The molecule has 0 aliphatic carbocycles. The van der Waals surface area contributed by atoms with Gasteiger partial charge in [-0.15, -0.1) is 0 Å². The average Bonchev–Trinajstić information content (AvgIpc) is 0.829. The van der Waals surface area contributed by atoms with Crippen LogP contribution in [0.5, 0.6) is 34.5 Å². The molecule has 12 heteroatoms. The van der Waals surface area contributed by atoms with Crippen LogP contribution in [0.4, 0.5) is 21.0 Å². The van der Waals surface area contributed by atoms with E-state index in [0.29, 0.717) is 98.6 Å². The Morgan fingerprint density at radius 2 is 0.387 bits per heavy atom. The van der Waals surface area contributed by atoms with Gasteiger partial charge in [0.15, 0.2) is 23.0 Å². The number of anilines is 2. The van der Waals surface area contributed by atoms with Crippen molar-refractivity contribution in [2.75, 3.05) is 50.3 Å². The fourth-order valence-corrected chi connectivity index (χ4v) is 14.1. The molecule has 0 unspecified atom stereocenters. The Morgan fingerprint density at radius 3 is 0.566 bits per heavy atom. The molecule has 3 aromatic rings. The number of carbonyl (C=O) groups is 2. The van der Waals surface area contributed by atoms with Crippen LogP contribution in [0.1, 0.15) is 438 Å². The number of benzene rings is 3. The van der Waals surface area contributed by atoms with Crippen molar-refractivity contribution in [3.63, 3.8) is 0 Å². The summed E-state index contributed by atoms with van der Waals surface area (Å²) in [6.45, 7) is 17.8. The maximum Gasteiger partial charge on any atom is 0.319 e. The van der Waals surface area contributed by atoms with Crippen molar-refractivity contribution in [1.82, 2.24) is 10.6 Å². The predicted molar refractivity (Wildman–Crippen MR) is 455 cm³/mol. The third-order valence-electron chi connectivity index (χ3n) is 21.0. The highest BCUT2D eigenvalue weighted by Gasteiger charge is 2.20. The lowest BCUT2D eigenvalue weighted by Gasteiger charge is -2.19. The van der Waals surface area contributed by atoms with Crippen LogP contribution < -0.4 is 49.7 Å². The van der Waals surface area contributed by atoms with E-state index in [1.165, 1.54) is 308 Å². The van der Waals surface area contributed by atoms with Gasteiger partial charge >= 0.3 is 12.1 Å². The highest BCUT2D eigenvalue weighted by Crippen LogP contribution is 2.43. The second-order valence-corrected chi connectivity index (χ2v) is 31.2. The van der Waals surface area contributed by atoms with Crippen LogP contribution in [0.2, 0.25) is 0 Å². The molecule has 3 rings (SSSR count). The van der Waals surface area contributed by atoms with E-state index in [-0.39, 0.29) is 12.1 Å². The maximum atomic E-state index is 13.9. The Morgan fingerprint density at radius 1 is 0.226 bits per heavy atom. The summed E-state index contributed by atoms with van der Waals surface area (Å²) in [5, 5.41) is 12.4. The molecule has 3 aromatic carbocycles. The summed E-state index contributed by atoms with van der Waals surface area (Å²) in [6.07, 6.45) is 75.3. The van der Waals surface area contributed by atoms with Crippen molar-refractivity contribution >= 4 is 23.4 Å². The predicted octanol–water partition coefficient (Wildman–Crippen LogP) is 30.1. The zero-order valence-corrected chi connectivity index (χ0v) is 70.0. The first-order valence-corrected chi connectivity index (χ1v) is 45.7. The highest BCUT2D eigenvalue weighted by molar-refractivity contribution is 5.91. The van der Waals surface area contributed by atoms with Crippen molar-refractivity contribution in [1.29, 1.82) is 0 Å². The monoisotopic (exact) mass is 1480 g/mol. The SMILES string of the molecule is CCCCCCCCCCCCOc1cc(NC(=O)NCc2ccc(CNC(=O)Nc3cc(OCCCCCCCCCCCC)c(OCCCCCCCCCCCC)c(OCCCCCCCCCCCC)c3)cc2)cc(OCCCCCCCCCCCC)c1OCCCCCCCCCCCC. The van der Waals surface area contributed by atoms with Crippen LogP contribution in [0, 0.1) is 0 Å². The van der Waals surface area contributed by atoms with E-state index in [0.717, 1.165) is 88.2 Å². The molecule has 0 bridgehead atoms. The Bertz CT molecular complexity index is 2190. The molecular formula is C94H166N4O8. The van der Waals surface area contributed by atoms with E-state index in [1.807, 2.05) is 48.5 Å². The summed E-state index contributed by atoms with van der Waals surface area (Å²) in [5.74, 6) is 3.77. The van der Waals surface area contributed by atoms with Crippen molar-refractivity contribution in [2.45, 2.75) is 440 Å². The molecule has 106 heavy (non-hydrogen) atoms. The van der Waals surface area contributed by atoms with E-state index in [1.54, 1.807) is 0 Å². The molecule has 4 amide bonds. The minimum Gasteiger partial charge on any atom is -0.489 e. The van der Waals surface area contributed by atoms with Crippen LogP contribution in [0.3, 0.4) is 0 Å². The van der Waals surface area contributed by atoms with Crippen LogP contribution >= 0.6 is 0 Å². The van der Waals surface area contributed by atoms with Gasteiger partial charge in [0.2, 0.25) is 11.5 Å². The molecule has 0 heterocycles. The van der Waals surface area contributed by atoms with Gasteiger partial charge in [-0.1, -0.05) is 413 Å². The minimum atomic E-state index is -0.323. The number of hydrogen-bond donors (Lipinski definition) is 4. The van der Waals surface area contributed by atoms with Crippen LogP contribution in [-0.4, -0.2) is 51.7 Å². The molecule has 0 saturated heterocycles. The Labute approximate surface area is 652 Å². The third-order valence-corrected chi connectivity index (χ3v) is 21.0. The van der Waals surface area contributed by atoms with Crippen LogP contribution in [-0.2, 0) is 13.1 Å². The topological polar surface area (TPSA) is 138 Å². The molecular weight excluding hydrogens is 1310 g/mol. The maximum absolute atomic E-state index is 13.9. The van der Waals surface area contributed by atoms with Gasteiger partial charge < -0.3 is 49.7 Å². The Balaban J connectivity index is 1.74. The lowest BCUT2D eigenvalue weighted by atomic mass is 10.1. The number of unbranched alkanes of at least 4 members (excludes halogenated alkanes) is 54. The summed E-state index contributed by atoms with van der Waals surface area (Å²) < 4.78 is 39.9. The highest BCUT2D eigenvalue weighted by atomic mass is 16.5. The molecule has 0 aliphatic rings. The number of amides is 4. The van der Waals surface area contributed by atoms with E-state index in [9.17, 15) is 9.59 Å². The first-order chi connectivity index (χ1) is 52.3. The summed E-state index contributed by atoms with van der Waals surface area (Å²) in [4.78, 5) is 27.7. The summed E-state index contributed by atoms with van der Waals surface area (Å²) in [6, 6.07) is 15.0. The molecule has 0 radical (unpaired) electrons. The molecule has 0 aliphatic heterocycles. The van der Waals surface area contributed by atoms with E-state index >= 15 is 0 Å². The number of urea groups is 2. The summed E-state index contributed by atoms with van der Waals surface area (Å²) in [7, 11) is 0. The second kappa shape index (κ2) is 71.6. The average molecular weight is 1480 g/mol. The van der Waals surface area contributed by atoms with Gasteiger partial charge in [0, 0.05) is 37.4 Å². The van der Waals surface area contributed by atoms with Crippen molar-refractivity contribution in [3.05, 3.63) is 59.7 Å². The van der Waals surface area contributed by atoms with Crippen LogP contribution in [0.15, 0.2) is 48.5 Å². The minimum absolute atomic E-state index is 0.316. The normalized spacial score (nSPS) is 11.3. The fourth-order valence-electron chi connectivity index (χ4n) is 14.1. The lowest BCUT2D eigenvalue weighted by Crippen LogP contribution is -2.28. The third kappa shape index (κ3) is 53.8. The largest absolute Gasteiger partial charge is 0.489 e. The molecule has 0 atom stereocenters. The Kier molecular flexibility index (Phi) is 64.3. The van der Waals surface area contributed by atoms with Gasteiger partial charge in [0.1, 0.15) is 0 Å². The van der Waals surface area contributed by atoms with E-state index in [2.05, 4.69) is 62.8 Å². The number of hydrogen-bond acceptors (Lipinski definition) is 8. The van der Waals surface area contributed by atoms with Gasteiger partial charge in [-0.05, 0) is 49.7 Å². The van der Waals surface area contributed by atoms with Gasteiger partial charge in [-0.25, -0.2) is 9.59 Å². The fraction of sp³-hybridized carbons (Fsp3) is 0.787. The van der Waals surface area contributed by atoms with Crippen LogP contribution in [0.25, 0.3) is 0 Å². The number of ether oxygens (including phenoxy) is 6. The molecule has 12 nitrogen and oxygen atoms in total. The molecule has 0 saturated carbocycles. The van der Waals surface area contributed by atoms with Gasteiger partial charge in [-0.2, -0.15) is 0 Å². The molecule has 4 N–H and O–H groups in total. The van der Waals surface area contributed by atoms with Crippen molar-refractivity contribution in [3.8, 4) is 34.5 Å². The number of nitrogens with one attached hydrogen (secondary N) is 4. The first-order valence-electron chi connectivity index (χ1n) is 45.7.